The number of benzene rings is 2. The van der Waals surface area contributed by atoms with Gasteiger partial charge in [-0.05, 0) is 49.0 Å². The third-order valence-electron chi connectivity index (χ3n) is 4.41. The van der Waals surface area contributed by atoms with E-state index in [0.29, 0.717) is 32.8 Å². The zero-order valence-corrected chi connectivity index (χ0v) is 17.0. The predicted octanol–water partition coefficient (Wildman–Crippen LogP) is 4.53. The Bertz CT molecular complexity index is 1080. The number of amides is 1. The molecule has 3 aromatic rings. The number of methoxy groups -OCH3 is 1. The highest BCUT2D eigenvalue weighted by molar-refractivity contribution is 7.73. The van der Waals surface area contributed by atoms with Crippen LogP contribution in [0, 0.1) is 3.95 Å². The second-order valence-corrected chi connectivity index (χ2v) is 7.75. The van der Waals surface area contributed by atoms with Gasteiger partial charge >= 0.3 is 0 Å². The number of fused-ring (bicyclic) bond motifs is 1. The first-order valence-electron chi connectivity index (χ1n) is 8.81. The van der Waals surface area contributed by atoms with Crippen LogP contribution in [-0.2, 0) is 0 Å². The average Bonchev–Trinajstić information content (AvgIpc) is 3.05. The lowest BCUT2D eigenvalue weighted by atomic mass is 10.1. The molecule has 1 atom stereocenters. The van der Waals surface area contributed by atoms with Crippen LogP contribution in [0.3, 0.4) is 0 Å². The zero-order valence-electron chi connectivity index (χ0n) is 15.4. The number of hydrogen-bond acceptors (Lipinski definition) is 6. The fourth-order valence-electron chi connectivity index (χ4n) is 3.14. The Morgan fingerprint density at radius 1 is 1.14 bits per heavy atom. The van der Waals surface area contributed by atoms with Gasteiger partial charge in [0.1, 0.15) is 16.9 Å². The molecule has 144 valence electrons. The van der Waals surface area contributed by atoms with Gasteiger partial charge in [-0.25, -0.2) is 0 Å². The fourth-order valence-corrected chi connectivity index (χ4v) is 4.45. The van der Waals surface area contributed by atoms with Crippen LogP contribution >= 0.6 is 23.6 Å². The summed E-state index contributed by atoms with van der Waals surface area (Å²) in [6, 6.07) is 15.4. The van der Waals surface area contributed by atoms with E-state index in [1.165, 1.54) is 11.3 Å². The van der Waals surface area contributed by atoms with Gasteiger partial charge in [0.25, 0.3) is 5.91 Å². The van der Waals surface area contributed by atoms with Crippen molar-refractivity contribution in [3.63, 3.8) is 0 Å². The third kappa shape index (κ3) is 3.25. The highest BCUT2D eigenvalue weighted by Gasteiger charge is 2.30. The number of carbonyl (C=O) groups is 1. The number of hydrogen-bond donors (Lipinski definition) is 2. The maximum Gasteiger partial charge on any atom is 0.267 e. The summed E-state index contributed by atoms with van der Waals surface area (Å²) in [4.78, 5) is 13.3. The number of nitrogens with zero attached hydrogens (tertiary/aromatic N) is 1. The Morgan fingerprint density at radius 2 is 1.93 bits per heavy atom. The van der Waals surface area contributed by atoms with Crippen molar-refractivity contribution in [1.82, 2.24) is 9.88 Å². The van der Waals surface area contributed by atoms with E-state index in [4.69, 9.17) is 21.7 Å². The SMILES string of the molecule is CCOc1ccc([C@H]2NC(=O)c3sc(=S)n(-c4ccccc4)c3N2)cc1OC. The molecular weight excluding hydrogens is 394 g/mol. The quantitative estimate of drug-likeness (QED) is 0.602. The van der Waals surface area contributed by atoms with Crippen LogP contribution in [0.15, 0.2) is 48.5 Å². The van der Waals surface area contributed by atoms with Crippen LogP contribution in [0.25, 0.3) is 5.69 Å². The van der Waals surface area contributed by atoms with Crippen LogP contribution < -0.4 is 20.1 Å². The summed E-state index contributed by atoms with van der Waals surface area (Å²) in [5.41, 5.74) is 1.77. The molecule has 2 aromatic carbocycles. The van der Waals surface area contributed by atoms with E-state index in [2.05, 4.69) is 10.6 Å². The number of ether oxygens (including phenoxy) is 2. The summed E-state index contributed by atoms with van der Waals surface area (Å²) in [7, 11) is 1.60. The molecule has 4 rings (SSSR count). The smallest absolute Gasteiger partial charge is 0.267 e. The molecule has 0 unspecified atom stereocenters. The number of aromatic nitrogens is 1. The Labute approximate surface area is 171 Å². The normalized spacial score (nSPS) is 15.4. The summed E-state index contributed by atoms with van der Waals surface area (Å²) in [5.74, 6) is 1.82. The van der Waals surface area contributed by atoms with Crippen molar-refractivity contribution in [3.8, 4) is 17.2 Å². The molecule has 1 aliphatic rings. The van der Waals surface area contributed by atoms with E-state index < -0.39 is 6.17 Å². The van der Waals surface area contributed by atoms with Crippen LogP contribution in [0.4, 0.5) is 5.82 Å². The number of nitrogens with one attached hydrogen (secondary N) is 2. The Morgan fingerprint density at radius 3 is 2.64 bits per heavy atom. The molecule has 0 radical (unpaired) electrons. The fraction of sp³-hybridized carbons (Fsp3) is 0.200. The Hall–Kier alpha value is -2.84. The van der Waals surface area contributed by atoms with Gasteiger partial charge in [0.2, 0.25) is 0 Å². The highest BCUT2D eigenvalue weighted by Crippen LogP contribution is 2.36. The topological polar surface area (TPSA) is 64.5 Å². The average molecular weight is 414 g/mol. The molecule has 1 aliphatic heterocycles. The van der Waals surface area contributed by atoms with Gasteiger partial charge < -0.3 is 20.1 Å². The number of carbonyl (C=O) groups excluding carboxylic acids is 1. The lowest BCUT2D eigenvalue weighted by molar-refractivity contribution is 0.0939. The number of anilines is 1. The molecule has 0 fully saturated rings. The maximum absolute atomic E-state index is 12.7. The standard InChI is InChI=1S/C20H19N3O3S2/c1-3-26-14-10-9-12(11-15(14)25-2)17-21-18-16(19(24)22-17)28-20(27)23(18)13-7-5-4-6-8-13/h4-11,17,21H,3H2,1-2H3,(H,22,24)/t17-/m1/s1. The summed E-state index contributed by atoms with van der Waals surface area (Å²) in [6.07, 6.45) is -0.413. The van der Waals surface area contributed by atoms with Gasteiger partial charge in [0.15, 0.2) is 15.5 Å². The van der Waals surface area contributed by atoms with Gasteiger partial charge in [-0.3, -0.25) is 9.36 Å². The highest BCUT2D eigenvalue weighted by atomic mass is 32.1. The Balaban J connectivity index is 1.74. The zero-order chi connectivity index (χ0) is 19.7. The van der Waals surface area contributed by atoms with Crippen molar-refractivity contribution in [3.05, 3.63) is 62.9 Å². The summed E-state index contributed by atoms with van der Waals surface area (Å²) in [6.45, 7) is 2.47. The van der Waals surface area contributed by atoms with Crippen LogP contribution in [0.5, 0.6) is 11.5 Å². The largest absolute Gasteiger partial charge is 0.493 e. The first-order valence-corrected chi connectivity index (χ1v) is 10.0. The molecule has 0 aliphatic carbocycles. The van der Waals surface area contributed by atoms with Gasteiger partial charge in [0.05, 0.1) is 13.7 Å². The molecule has 0 bridgehead atoms. The number of rotatable bonds is 5. The molecule has 2 N–H and O–H groups in total. The van der Waals surface area contributed by atoms with Gasteiger partial charge in [-0.1, -0.05) is 35.6 Å². The van der Waals surface area contributed by atoms with Gasteiger partial charge in [-0.15, -0.1) is 0 Å². The first-order chi connectivity index (χ1) is 13.6. The minimum absolute atomic E-state index is 0.155. The molecule has 1 aromatic heterocycles. The second kappa shape index (κ2) is 7.65. The predicted molar refractivity (Wildman–Crippen MR) is 112 cm³/mol. The third-order valence-corrected chi connectivity index (χ3v) is 5.78. The van der Waals surface area contributed by atoms with E-state index >= 15 is 0 Å². The first kappa shape index (κ1) is 18.5. The molecule has 0 saturated carbocycles. The lowest BCUT2D eigenvalue weighted by Crippen LogP contribution is -2.38. The summed E-state index contributed by atoms with van der Waals surface area (Å²) >= 11 is 6.81. The second-order valence-electron chi connectivity index (χ2n) is 6.11. The van der Waals surface area contributed by atoms with Crippen molar-refractivity contribution in [2.75, 3.05) is 19.0 Å². The van der Waals surface area contributed by atoms with E-state index in [1.807, 2.05) is 60.0 Å². The van der Waals surface area contributed by atoms with Crippen molar-refractivity contribution >= 4 is 35.3 Å². The molecule has 0 spiro atoms. The molecule has 1 amide bonds. The van der Waals surface area contributed by atoms with E-state index in [0.717, 1.165) is 11.3 Å². The van der Waals surface area contributed by atoms with E-state index in [9.17, 15) is 4.79 Å². The van der Waals surface area contributed by atoms with Gasteiger partial charge in [-0.2, -0.15) is 0 Å². The van der Waals surface area contributed by atoms with E-state index in [1.54, 1.807) is 7.11 Å². The maximum atomic E-state index is 12.7. The lowest BCUT2D eigenvalue weighted by Gasteiger charge is -2.27. The summed E-state index contributed by atoms with van der Waals surface area (Å²) < 4.78 is 13.5. The van der Waals surface area contributed by atoms with Crippen LogP contribution in [0.1, 0.15) is 28.3 Å². The van der Waals surface area contributed by atoms with Gasteiger partial charge in [0, 0.05) is 5.69 Å². The molecule has 8 heteroatoms. The number of thiazole rings is 1. The molecule has 6 nitrogen and oxygen atoms in total. The van der Waals surface area contributed by atoms with E-state index in [-0.39, 0.29) is 5.91 Å². The minimum Gasteiger partial charge on any atom is -0.493 e. The van der Waals surface area contributed by atoms with Crippen molar-refractivity contribution < 1.29 is 14.3 Å². The minimum atomic E-state index is -0.413. The molecule has 28 heavy (non-hydrogen) atoms. The molecule has 0 saturated heterocycles. The van der Waals surface area contributed by atoms with Crippen molar-refractivity contribution in [2.24, 2.45) is 0 Å². The van der Waals surface area contributed by atoms with Crippen molar-refractivity contribution in [1.29, 1.82) is 0 Å². The van der Waals surface area contributed by atoms with Crippen LogP contribution in [0.2, 0.25) is 0 Å². The summed E-state index contributed by atoms with van der Waals surface area (Å²) in [5, 5.41) is 6.40. The number of para-hydroxylation sites is 1. The molecule has 2 heterocycles. The monoisotopic (exact) mass is 413 g/mol. The van der Waals surface area contributed by atoms with Crippen LogP contribution in [-0.4, -0.2) is 24.2 Å². The van der Waals surface area contributed by atoms with Crippen molar-refractivity contribution in [2.45, 2.75) is 13.1 Å². The Kier molecular flexibility index (Phi) is 5.06. The molecular formula is C20H19N3O3S2.